The van der Waals surface area contributed by atoms with Crippen LogP contribution in [0.2, 0.25) is 0 Å². The summed E-state index contributed by atoms with van der Waals surface area (Å²) in [7, 11) is 0. The van der Waals surface area contributed by atoms with Crippen LogP contribution >= 0.6 is 0 Å². The molecule has 43 heavy (non-hydrogen) atoms. The highest BCUT2D eigenvalue weighted by Gasteiger charge is 2.17. The second-order valence-corrected chi connectivity index (χ2v) is 12.7. The lowest BCUT2D eigenvalue weighted by atomic mass is 10.0. The lowest BCUT2D eigenvalue weighted by Crippen LogP contribution is -2.45. The molecule has 0 aliphatic rings. The fourth-order valence-corrected chi connectivity index (χ4v) is 5.46. The largest absolute Gasteiger partial charge is 0.394 e. The van der Waals surface area contributed by atoms with Crippen molar-refractivity contribution in [3.63, 3.8) is 0 Å². The summed E-state index contributed by atoms with van der Waals surface area (Å²) in [6.45, 7) is 4.24. The first-order valence-corrected chi connectivity index (χ1v) is 18.7. The topological polar surface area (TPSA) is 69.6 Å². The Morgan fingerprint density at radius 1 is 0.558 bits per heavy atom. The standard InChI is InChI=1S/C39H73NO3/c1-3-5-7-9-11-13-15-16-17-18-19-20-21-22-23-24-25-27-29-31-33-35-39(43)40-37(36-41)38(42)34-32-30-28-26-14-12-10-8-6-4-2/h16-17,28,30,32,34,37-38,41-42H,3-15,18-27,29,31,33,35-36H2,1-2H3,(H,40,43)/b17-16+,30-28+,34-32+/t37-,38+/m0/s1. The Hall–Kier alpha value is -1.39. The maximum Gasteiger partial charge on any atom is 0.220 e. The van der Waals surface area contributed by atoms with Crippen LogP contribution in [0.3, 0.4) is 0 Å². The molecule has 0 rings (SSSR count). The number of hydrogen-bond donors (Lipinski definition) is 3. The zero-order valence-corrected chi connectivity index (χ0v) is 28.7. The summed E-state index contributed by atoms with van der Waals surface area (Å²) in [6.07, 6.45) is 45.3. The zero-order valence-electron chi connectivity index (χ0n) is 28.7. The molecule has 0 aromatic carbocycles. The second-order valence-electron chi connectivity index (χ2n) is 12.7. The molecule has 0 aliphatic carbocycles. The lowest BCUT2D eigenvalue weighted by Gasteiger charge is -2.19. The van der Waals surface area contributed by atoms with Crippen LogP contribution in [0, 0.1) is 0 Å². The Balaban J connectivity index is 3.59. The van der Waals surface area contributed by atoms with Crippen LogP contribution < -0.4 is 5.32 Å². The minimum atomic E-state index is -0.885. The van der Waals surface area contributed by atoms with E-state index in [0.717, 1.165) is 19.3 Å². The van der Waals surface area contributed by atoms with Crippen LogP contribution in [0.25, 0.3) is 0 Å². The molecule has 0 aromatic rings. The lowest BCUT2D eigenvalue weighted by molar-refractivity contribution is -0.123. The van der Waals surface area contributed by atoms with Crippen LogP contribution in [0.5, 0.6) is 0 Å². The molecule has 252 valence electrons. The third-order valence-corrected chi connectivity index (χ3v) is 8.40. The molecule has 1 amide bonds. The average Bonchev–Trinajstić information content (AvgIpc) is 3.01. The number of nitrogens with one attached hydrogen (secondary N) is 1. The first-order chi connectivity index (χ1) is 21.2. The number of aliphatic hydroxyl groups is 2. The zero-order chi connectivity index (χ0) is 31.5. The van der Waals surface area contributed by atoms with Gasteiger partial charge in [0.15, 0.2) is 0 Å². The van der Waals surface area contributed by atoms with Crippen molar-refractivity contribution in [2.24, 2.45) is 0 Å². The van der Waals surface area contributed by atoms with Gasteiger partial charge in [0.1, 0.15) is 0 Å². The van der Waals surface area contributed by atoms with E-state index in [1.54, 1.807) is 6.08 Å². The van der Waals surface area contributed by atoms with E-state index in [-0.39, 0.29) is 12.5 Å². The van der Waals surface area contributed by atoms with Crippen LogP contribution in [0.4, 0.5) is 0 Å². The van der Waals surface area contributed by atoms with Gasteiger partial charge in [-0.1, -0.05) is 172 Å². The molecule has 0 spiro atoms. The second kappa shape index (κ2) is 35.1. The number of unbranched alkanes of at least 4 members (excludes halogenated alkanes) is 23. The molecule has 0 aliphatic heterocycles. The number of rotatable bonds is 33. The number of carbonyl (C=O) groups is 1. The Kier molecular flexibility index (Phi) is 34.0. The SMILES string of the molecule is CCCCCCCC/C=C/C=C/[C@@H](O)[C@H](CO)NC(=O)CCCCCCCCCCCCC/C=C/CCCCCCCC. The molecule has 4 heteroatoms. The van der Waals surface area contributed by atoms with E-state index in [1.165, 1.54) is 148 Å². The van der Waals surface area contributed by atoms with E-state index in [4.69, 9.17) is 0 Å². The van der Waals surface area contributed by atoms with E-state index in [1.807, 2.05) is 12.2 Å². The first-order valence-electron chi connectivity index (χ1n) is 18.7. The Bertz CT molecular complexity index is 657. The Labute approximate surface area is 268 Å². The third kappa shape index (κ3) is 31.8. The van der Waals surface area contributed by atoms with Gasteiger partial charge < -0.3 is 15.5 Å². The maximum atomic E-state index is 12.3. The van der Waals surface area contributed by atoms with Crippen molar-refractivity contribution in [1.82, 2.24) is 5.32 Å². The van der Waals surface area contributed by atoms with Gasteiger partial charge in [0, 0.05) is 6.42 Å². The monoisotopic (exact) mass is 604 g/mol. The predicted molar refractivity (Wildman–Crippen MR) is 188 cm³/mol. The van der Waals surface area contributed by atoms with Crippen LogP contribution in [0.15, 0.2) is 36.5 Å². The summed E-state index contributed by atoms with van der Waals surface area (Å²) in [5.41, 5.74) is 0. The first kappa shape index (κ1) is 41.6. The Morgan fingerprint density at radius 2 is 0.953 bits per heavy atom. The molecule has 0 radical (unpaired) electrons. The molecule has 0 saturated carbocycles. The van der Waals surface area contributed by atoms with Crippen molar-refractivity contribution in [2.45, 2.75) is 199 Å². The maximum absolute atomic E-state index is 12.3. The molecule has 4 nitrogen and oxygen atoms in total. The fourth-order valence-electron chi connectivity index (χ4n) is 5.46. The van der Waals surface area contributed by atoms with E-state index < -0.39 is 12.1 Å². The summed E-state index contributed by atoms with van der Waals surface area (Å²) in [5.74, 6) is -0.0848. The molecule has 0 saturated heterocycles. The molecule has 0 bridgehead atoms. The highest BCUT2D eigenvalue weighted by Crippen LogP contribution is 2.13. The number of amides is 1. The van der Waals surface area contributed by atoms with Crippen molar-refractivity contribution in [3.8, 4) is 0 Å². The molecular weight excluding hydrogens is 530 g/mol. The van der Waals surface area contributed by atoms with Gasteiger partial charge in [-0.15, -0.1) is 0 Å². The van der Waals surface area contributed by atoms with Crippen molar-refractivity contribution >= 4 is 5.91 Å². The van der Waals surface area contributed by atoms with E-state index >= 15 is 0 Å². The van der Waals surface area contributed by atoms with Crippen molar-refractivity contribution in [2.75, 3.05) is 6.61 Å². The summed E-state index contributed by atoms with van der Waals surface area (Å²) in [4.78, 5) is 12.3. The van der Waals surface area contributed by atoms with E-state index in [0.29, 0.717) is 6.42 Å². The molecule has 0 heterocycles. The molecule has 2 atom stereocenters. The highest BCUT2D eigenvalue weighted by molar-refractivity contribution is 5.76. The normalized spacial score (nSPS) is 13.5. The van der Waals surface area contributed by atoms with Gasteiger partial charge in [-0.25, -0.2) is 0 Å². The van der Waals surface area contributed by atoms with Gasteiger partial charge in [-0.2, -0.15) is 0 Å². The average molecular weight is 604 g/mol. The summed E-state index contributed by atoms with van der Waals surface area (Å²) in [5, 5.41) is 22.7. The quantitative estimate of drug-likeness (QED) is 0.0397. The van der Waals surface area contributed by atoms with Crippen LogP contribution in [-0.2, 0) is 4.79 Å². The molecular formula is C39H73NO3. The van der Waals surface area contributed by atoms with Gasteiger partial charge in [-0.05, 0) is 44.9 Å². The van der Waals surface area contributed by atoms with Crippen LogP contribution in [-0.4, -0.2) is 34.9 Å². The summed E-state index contributed by atoms with van der Waals surface area (Å²) in [6, 6.07) is -0.651. The molecule has 0 aromatic heterocycles. The third-order valence-electron chi connectivity index (χ3n) is 8.40. The number of allylic oxidation sites excluding steroid dienone is 5. The minimum Gasteiger partial charge on any atom is -0.394 e. The van der Waals surface area contributed by atoms with Crippen molar-refractivity contribution < 1.29 is 15.0 Å². The smallest absolute Gasteiger partial charge is 0.220 e. The minimum absolute atomic E-state index is 0.0848. The Morgan fingerprint density at radius 3 is 1.40 bits per heavy atom. The molecule has 0 unspecified atom stereocenters. The van der Waals surface area contributed by atoms with Gasteiger partial charge in [0.05, 0.1) is 18.8 Å². The molecule has 0 fully saturated rings. The summed E-state index contributed by atoms with van der Waals surface area (Å²) >= 11 is 0. The number of carbonyl (C=O) groups excluding carboxylic acids is 1. The van der Waals surface area contributed by atoms with Gasteiger partial charge in [0.2, 0.25) is 5.91 Å². The van der Waals surface area contributed by atoms with Crippen molar-refractivity contribution in [3.05, 3.63) is 36.5 Å². The fraction of sp³-hybridized carbons (Fsp3) is 0.821. The van der Waals surface area contributed by atoms with Crippen LogP contribution in [0.1, 0.15) is 187 Å². The highest BCUT2D eigenvalue weighted by atomic mass is 16.3. The summed E-state index contributed by atoms with van der Waals surface area (Å²) < 4.78 is 0. The molecule has 3 N–H and O–H groups in total. The van der Waals surface area contributed by atoms with Crippen molar-refractivity contribution in [1.29, 1.82) is 0 Å². The van der Waals surface area contributed by atoms with Gasteiger partial charge >= 0.3 is 0 Å². The van der Waals surface area contributed by atoms with E-state index in [2.05, 4.69) is 37.4 Å². The number of aliphatic hydroxyl groups excluding tert-OH is 2. The van der Waals surface area contributed by atoms with E-state index in [9.17, 15) is 15.0 Å². The van der Waals surface area contributed by atoms with Gasteiger partial charge in [0.25, 0.3) is 0 Å². The number of hydrogen-bond acceptors (Lipinski definition) is 3. The van der Waals surface area contributed by atoms with Gasteiger partial charge in [-0.3, -0.25) is 4.79 Å². The predicted octanol–water partition coefficient (Wildman–Crippen LogP) is 11.1.